The zero-order chi connectivity index (χ0) is 51.9. The lowest BCUT2D eigenvalue weighted by Crippen LogP contribution is -2.56. The number of aliphatic hydroxyl groups is 1. The first-order valence-electron chi connectivity index (χ1n) is 23.7. The number of aromatic nitrogens is 4. The van der Waals surface area contributed by atoms with E-state index in [1.807, 2.05) is 19.0 Å². The van der Waals surface area contributed by atoms with E-state index >= 15 is 0 Å². The van der Waals surface area contributed by atoms with E-state index in [4.69, 9.17) is 19.2 Å². The molecule has 0 saturated heterocycles. The zero-order valence-electron chi connectivity index (χ0n) is 41.0. The number of cyclic esters (lactones) is 1. The minimum absolute atomic E-state index is 0.00346. The molecule has 72 heavy (non-hydrogen) atoms. The van der Waals surface area contributed by atoms with Gasteiger partial charge in [0.2, 0.25) is 45.4 Å². The van der Waals surface area contributed by atoms with Crippen LogP contribution in [0.15, 0.2) is 46.6 Å². The third-order valence-electron chi connectivity index (χ3n) is 12.5. The molecule has 3 aliphatic rings. The SMILES string of the molecule is CC[C@@]1(O)C(=O)OCc2c1cc1n(c2=O)Cc2c-1nc1cc3c(cc1c2/C=C/CNC(=O)CNC(=O)[C@H](CCCCN(C)C)NC(=O)[C@@H](NC(=O)CCCC#Cc1cnc(S(C)(=O)=O)nc1)C(C)C)OCO3. The van der Waals surface area contributed by atoms with Crippen LogP contribution in [0.25, 0.3) is 28.4 Å². The normalized spacial score (nSPS) is 16.3. The number of carbonyl (C=O) groups excluding carboxylic acids is 5. The molecule has 3 atom stereocenters. The Morgan fingerprint density at radius 3 is 2.39 bits per heavy atom. The number of ether oxygens (including phenoxy) is 3. The topological polar surface area (TPSA) is 279 Å². The highest BCUT2D eigenvalue weighted by Gasteiger charge is 2.45. The monoisotopic (exact) mass is 1010 g/mol. The van der Waals surface area contributed by atoms with Crippen LogP contribution in [0, 0.1) is 17.8 Å². The van der Waals surface area contributed by atoms with Crippen LogP contribution in [0.3, 0.4) is 0 Å². The van der Waals surface area contributed by atoms with E-state index in [0.29, 0.717) is 69.7 Å². The van der Waals surface area contributed by atoms with Gasteiger partial charge in [-0.15, -0.1) is 0 Å². The minimum Gasteiger partial charge on any atom is -0.458 e. The molecule has 0 unspecified atom stereocenters. The van der Waals surface area contributed by atoms with E-state index in [1.165, 1.54) is 17.0 Å². The molecular formula is C50H59N9O12S. The zero-order valence-corrected chi connectivity index (χ0v) is 41.9. The number of benzene rings is 1. The summed E-state index contributed by atoms with van der Waals surface area (Å²) in [6, 6.07) is 3.22. The van der Waals surface area contributed by atoms with Crippen molar-refractivity contribution >= 4 is 56.4 Å². The third-order valence-corrected chi connectivity index (χ3v) is 13.4. The summed E-state index contributed by atoms with van der Waals surface area (Å²) in [6.45, 7) is 5.49. The number of fused-ring (bicyclic) bond motifs is 6. The van der Waals surface area contributed by atoms with Gasteiger partial charge in [-0.25, -0.2) is 28.2 Å². The third kappa shape index (κ3) is 11.9. The van der Waals surface area contributed by atoms with E-state index in [2.05, 4.69) is 43.1 Å². The van der Waals surface area contributed by atoms with Crippen molar-refractivity contribution in [3.63, 3.8) is 0 Å². The summed E-state index contributed by atoms with van der Waals surface area (Å²) in [5, 5.41) is 22.8. The average Bonchev–Trinajstić information content (AvgIpc) is 3.96. The Balaban J connectivity index is 0.977. The predicted octanol–water partition coefficient (Wildman–Crippen LogP) is 1.83. The highest BCUT2D eigenvalue weighted by molar-refractivity contribution is 7.90. The maximum absolute atomic E-state index is 13.9. The number of rotatable bonds is 20. The molecule has 4 amide bonds. The molecule has 0 aliphatic carbocycles. The summed E-state index contributed by atoms with van der Waals surface area (Å²) >= 11 is 0. The second-order valence-electron chi connectivity index (χ2n) is 18.4. The lowest BCUT2D eigenvalue weighted by atomic mass is 9.86. The van der Waals surface area contributed by atoms with Gasteiger partial charge in [-0.05, 0) is 76.4 Å². The molecule has 0 saturated carbocycles. The molecule has 4 aromatic rings. The number of sulfone groups is 1. The average molecular weight is 1010 g/mol. The van der Waals surface area contributed by atoms with E-state index in [1.54, 1.807) is 51.1 Å². The van der Waals surface area contributed by atoms with Crippen LogP contribution in [0.5, 0.6) is 11.5 Å². The summed E-state index contributed by atoms with van der Waals surface area (Å²) in [4.78, 5) is 94.7. The highest BCUT2D eigenvalue weighted by Crippen LogP contribution is 2.43. The van der Waals surface area contributed by atoms with Gasteiger partial charge in [0, 0.05) is 60.6 Å². The Kier molecular flexibility index (Phi) is 16.4. The first-order chi connectivity index (χ1) is 34.3. The molecule has 0 radical (unpaired) electrons. The molecule has 3 aliphatic heterocycles. The molecule has 0 bridgehead atoms. The van der Waals surface area contributed by atoms with Crippen LogP contribution in [-0.4, -0.2) is 126 Å². The fourth-order valence-electron chi connectivity index (χ4n) is 8.55. The summed E-state index contributed by atoms with van der Waals surface area (Å²) in [5.41, 5.74) is 1.22. The maximum atomic E-state index is 13.9. The molecule has 6 heterocycles. The lowest BCUT2D eigenvalue weighted by molar-refractivity contribution is -0.172. The van der Waals surface area contributed by atoms with Gasteiger partial charge in [0.1, 0.15) is 18.7 Å². The molecule has 22 heteroatoms. The number of hydrogen-bond donors (Lipinski definition) is 5. The lowest BCUT2D eigenvalue weighted by Gasteiger charge is -2.31. The number of nitrogens with zero attached hydrogens (tertiary/aromatic N) is 5. The van der Waals surface area contributed by atoms with Crippen molar-refractivity contribution in [3.05, 3.63) is 74.8 Å². The van der Waals surface area contributed by atoms with Crippen molar-refractivity contribution in [3.8, 4) is 34.7 Å². The fourth-order valence-corrected chi connectivity index (χ4v) is 9.04. The summed E-state index contributed by atoms with van der Waals surface area (Å²) in [7, 11) is 0.326. The van der Waals surface area contributed by atoms with Gasteiger partial charge in [0.15, 0.2) is 17.1 Å². The van der Waals surface area contributed by atoms with Crippen molar-refractivity contribution in [1.82, 2.24) is 45.7 Å². The molecule has 3 aromatic heterocycles. The number of carbonyl (C=O) groups is 5. The Morgan fingerprint density at radius 1 is 0.958 bits per heavy atom. The van der Waals surface area contributed by atoms with Crippen molar-refractivity contribution in [2.75, 3.05) is 46.8 Å². The molecule has 0 fully saturated rings. The second kappa shape index (κ2) is 22.5. The minimum atomic E-state index is -3.54. The van der Waals surface area contributed by atoms with Crippen molar-refractivity contribution < 1.29 is 51.7 Å². The quantitative estimate of drug-likeness (QED) is 0.0322. The van der Waals surface area contributed by atoms with Crippen LogP contribution in [-0.2, 0) is 57.3 Å². The number of pyridine rings is 2. The standard InChI is InChI=1S/C50H59N9O12S/c1-7-50(66)35-21-38-44-33(26-59(38)47(64)34(35)27-69-48(50)65)31(32-20-39-40(71-28-70-39)22-37(32)55-44)15-13-18-51-42(61)25-52-45(62)36(16-11-12-19-58(4)5)56-46(63)43(29(2)3)57-41(60)17-10-8-9-14-30-23-53-49(54-24-30)72(6,67)68/h13,15,20-24,29,36,43,66H,7-8,10-12,16-19,25-28H2,1-6H3,(H,51,61)(H,52,62)(H,56,63)(H,57,60)/b15-13+/t36-,43-,50-/m0/s1. The van der Waals surface area contributed by atoms with Gasteiger partial charge in [-0.1, -0.05) is 44.8 Å². The molecule has 7 rings (SSSR count). The first-order valence-corrected chi connectivity index (χ1v) is 25.6. The van der Waals surface area contributed by atoms with Gasteiger partial charge in [-0.2, -0.15) is 0 Å². The van der Waals surface area contributed by atoms with Gasteiger partial charge < -0.3 is 50.1 Å². The second-order valence-corrected chi connectivity index (χ2v) is 20.3. The molecule has 382 valence electrons. The van der Waals surface area contributed by atoms with Gasteiger partial charge in [-0.3, -0.25) is 24.0 Å². The number of nitrogens with one attached hydrogen (secondary N) is 4. The van der Waals surface area contributed by atoms with Crippen LogP contribution in [0.1, 0.15) is 93.5 Å². The smallest absolute Gasteiger partial charge is 0.343 e. The van der Waals surface area contributed by atoms with Crippen molar-refractivity contribution in [2.45, 2.75) is 102 Å². The predicted molar refractivity (Wildman–Crippen MR) is 263 cm³/mol. The fraction of sp³-hybridized carbons (Fsp3) is 0.460. The summed E-state index contributed by atoms with van der Waals surface area (Å²) < 4.78 is 41.3. The van der Waals surface area contributed by atoms with E-state index in [-0.39, 0.29) is 80.4 Å². The van der Waals surface area contributed by atoms with Gasteiger partial charge in [0.25, 0.3) is 5.56 Å². The van der Waals surface area contributed by atoms with Crippen LogP contribution >= 0.6 is 0 Å². The number of esters is 1. The largest absolute Gasteiger partial charge is 0.458 e. The van der Waals surface area contributed by atoms with Crippen molar-refractivity contribution in [2.24, 2.45) is 5.92 Å². The van der Waals surface area contributed by atoms with Crippen LogP contribution in [0.4, 0.5) is 0 Å². The summed E-state index contributed by atoms with van der Waals surface area (Å²) in [5.74, 6) is 3.60. The van der Waals surface area contributed by atoms with Crippen LogP contribution < -0.4 is 36.3 Å². The van der Waals surface area contributed by atoms with E-state index in [9.17, 15) is 42.3 Å². The maximum Gasteiger partial charge on any atom is 0.343 e. The Morgan fingerprint density at radius 2 is 1.69 bits per heavy atom. The Bertz CT molecular complexity index is 3050. The Hall–Kier alpha value is -7.22. The molecule has 21 nitrogen and oxygen atoms in total. The van der Waals surface area contributed by atoms with Gasteiger partial charge >= 0.3 is 5.97 Å². The van der Waals surface area contributed by atoms with Gasteiger partial charge in [0.05, 0.1) is 41.1 Å². The first kappa shape index (κ1) is 52.6. The number of amides is 4. The Labute approximate surface area is 416 Å². The number of hydrogen-bond acceptors (Lipinski definition) is 16. The van der Waals surface area contributed by atoms with E-state index < -0.39 is 56.8 Å². The highest BCUT2D eigenvalue weighted by atomic mass is 32.2. The van der Waals surface area contributed by atoms with Crippen LogP contribution in [0.2, 0.25) is 0 Å². The molecule has 5 N–H and O–H groups in total. The molecule has 1 aromatic carbocycles. The number of unbranched alkanes of at least 4 members (excludes halogenated alkanes) is 2. The summed E-state index contributed by atoms with van der Waals surface area (Å²) in [6.07, 6.45) is 9.55. The van der Waals surface area contributed by atoms with Crippen molar-refractivity contribution in [1.29, 1.82) is 0 Å². The molecule has 0 spiro atoms. The molecular weight excluding hydrogens is 951 g/mol. The van der Waals surface area contributed by atoms with E-state index in [0.717, 1.165) is 19.2 Å².